The van der Waals surface area contributed by atoms with Crippen molar-refractivity contribution in [1.29, 1.82) is 0 Å². The van der Waals surface area contributed by atoms with Gasteiger partial charge in [0, 0.05) is 30.0 Å². The van der Waals surface area contributed by atoms with Crippen LogP contribution < -0.4 is 5.69 Å². The summed E-state index contributed by atoms with van der Waals surface area (Å²) in [6, 6.07) is 1.28. The van der Waals surface area contributed by atoms with E-state index in [4.69, 9.17) is 0 Å². The maximum Gasteiger partial charge on any atom is 0.451 e. The summed E-state index contributed by atoms with van der Waals surface area (Å²) in [5, 5.41) is 5.28. The van der Waals surface area contributed by atoms with Crippen molar-refractivity contribution in [3.63, 3.8) is 0 Å². The lowest BCUT2D eigenvalue weighted by molar-refractivity contribution is -0.147. The van der Waals surface area contributed by atoms with Gasteiger partial charge >= 0.3 is 11.9 Å². The number of alkyl halides is 3. The van der Waals surface area contributed by atoms with Crippen LogP contribution in [0.2, 0.25) is 0 Å². The molecule has 0 atom stereocenters. The molecule has 0 aliphatic carbocycles. The largest absolute Gasteiger partial charge is 0.451 e. The number of aromatic nitrogens is 3. The molecule has 1 aliphatic heterocycles. The van der Waals surface area contributed by atoms with Crippen LogP contribution in [0.3, 0.4) is 0 Å². The number of nitrogens with zero attached hydrogens (tertiary/aromatic N) is 4. The monoisotopic (exact) mass is 438 g/mol. The van der Waals surface area contributed by atoms with Gasteiger partial charge in [-0.05, 0) is 34.8 Å². The van der Waals surface area contributed by atoms with Crippen molar-refractivity contribution in [2.75, 3.05) is 13.1 Å². The molecule has 0 bridgehead atoms. The summed E-state index contributed by atoms with van der Waals surface area (Å²) >= 11 is 4.62. The van der Waals surface area contributed by atoms with Crippen LogP contribution in [0.5, 0.6) is 0 Å². The fraction of sp³-hybridized carbons (Fsp3) is 0.500. The molecule has 1 fully saturated rings. The Bertz CT molecular complexity index is 849. The van der Waals surface area contributed by atoms with E-state index < -0.39 is 23.7 Å². The number of piperidine rings is 1. The third kappa shape index (κ3) is 3.52. The zero-order valence-electron chi connectivity index (χ0n) is 13.1. The lowest BCUT2D eigenvalue weighted by Crippen LogP contribution is -2.41. The molecule has 0 aromatic carbocycles. The number of carbonyl (C=O) groups is 1. The summed E-state index contributed by atoms with van der Waals surface area (Å²) in [5.41, 5.74) is -0.792. The van der Waals surface area contributed by atoms with E-state index in [1.54, 1.807) is 11.0 Å². The molecule has 3 heterocycles. The number of likely N-dealkylation sites (tertiary alicyclic amines) is 1. The number of hydrogen-bond donors (Lipinski definition) is 0. The Kier molecular flexibility index (Phi) is 4.80. The predicted molar refractivity (Wildman–Crippen MR) is 88.7 cm³/mol. The number of halogens is 4. The average Bonchev–Trinajstić information content (AvgIpc) is 3.11. The predicted octanol–water partition coefficient (Wildman–Crippen LogP) is 2.90. The molecule has 11 heteroatoms. The Hall–Kier alpha value is -1.62. The SMILES string of the molecule is Cn1c(C(F)(F)F)nn(C2CCN(C(=O)c3cc(Br)cs3)CC2)c1=O. The molecule has 6 nitrogen and oxygen atoms in total. The maximum absolute atomic E-state index is 12.9. The molecule has 0 N–H and O–H groups in total. The second-order valence-corrected chi connectivity index (χ2v) is 7.59. The van der Waals surface area contributed by atoms with E-state index in [0.717, 1.165) is 16.2 Å². The van der Waals surface area contributed by atoms with E-state index in [2.05, 4.69) is 21.0 Å². The molecule has 1 aliphatic rings. The van der Waals surface area contributed by atoms with Crippen LogP contribution in [-0.4, -0.2) is 38.2 Å². The van der Waals surface area contributed by atoms with Crippen LogP contribution in [0.4, 0.5) is 13.2 Å². The second kappa shape index (κ2) is 6.60. The van der Waals surface area contributed by atoms with Crippen molar-refractivity contribution in [1.82, 2.24) is 19.2 Å². The first kappa shape index (κ1) is 18.2. The van der Waals surface area contributed by atoms with Gasteiger partial charge in [0.1, 0.15) is 0 Å². The van der Waals surface area contributed by atoms with Gasteiger partial charge in [-0.3, -0.25) is 9.36 Å². The van der Waals surface area contributed by atoms with Gasteiger partial charge in [0.15, 0.2) is 0 Å². The molecule has 0 spiro atoms. The first-order valence-corrected chi connectivity index (χ1v) is 9.12. The fourth-order valence-corrected chi connectivity index (χ4v) is 4.23. The molecule has 3 rings (SSSR count). The Morgan fingerprint density at radius 1 is 1.36 bits per heavy atom. The highest BCUT2D eigenvalue weighted by Crippen LogP contribution is 2.29. The highest BCUT2D eigenvalue weighted by atomic mass is 79.9. The molecule has 2 aromatic rings. The van der Waals surface area contributed by atoms with Crippen LogP contribution in [0.15, 0.2) is 20.7 Å². The Morgan fingerprint density at radius 3 is 2.48 bits per heavy atom. The number of hydrogen-bond acceptors (Lipinski definition) is 4. The summed E-state index contributed by atoms with van der Waals surface area (Å²) in [5.74, 6) is -1.32. The standard InChI is InChI=1S/C14H14BrF3N4O2S/c1-20-12(14(16,17)18)19-22(13(20)24)9-2-4-21(5-3-9)11(23)10-6-8(15)7-25-10/h6-7,9H,2-5H2,1H3. The van der Waals surface area contributed by atoms with Gasteiger partial charge in [0.25, 0.3) is 5.91 Å². The Labute approximate surface area is 153 Å². The summed E-state index contributed by atoms with van der Waals surface area (Å²) in [6.45, 7) is 0.729. The summed E-state index contributed by atoms with van der Waals surface area (Å²) in [7, 11) is 1.06. The molecule has 1 amide bonds. The van der Waals surface area contributed by atoms with Crippen molar-refractivity contribution in [2.24, 2.45) is 7.05 Å². The van der Waals surface area contributed by atoms with Crippen LogP contribution >= 0.6 is 27.3 Å². The fourth-order valence-electron chi connectivity index (χ4n) is 2.84. The number of amides is 1. The first-order chi connectivity index (χ1) is 11.7. The number of carbonyl (C=O) groups excluding carboxylic acids is 1. The highest BCUT2D eigenvalue weighted by molar-refractivity contribution is 9.10. The summed E-state index contributed by atoms with van der Waals surface area (Å²) in [6.07, 6.45) is -3.92. The molecule has 25 heavy (non-hydrogen) atoms. The normalized spacial score (nSPS) is 16.4. The molecule has 136 valence electrons. The molecule has 2 aromatic heterocycles. The van der Waals surface area contributed by atoms with E-state index in [1.165, 1.54) is 11.3 Å². The maximum atomic E-state index is 12.9. The van der Waals surface area contributed by atoms with Crippen LogP contribution in [0.25, 0.3) is 0 Å². The zero-order valence-corrected chi connectivity index (χ0v) is 15.5. The zero-order chi connectivity index (χ0) is 18.4. The quantitative estimate of drug-likeness (QED) is 0.723. The summed E-state index contributed by atoms with van der Waals surface area (Å²) in [4.78, 5) is 26.7. The van der Waals surface area contributed by atoms with Crippen molar-refractivity contribution in [3.05, 3.63) is 37.1 Å². The lowest BCUT2D eigenvalue weighted by Gasteiger charge is -2.31. The van der Waals surface area contributed by atoms with Crippen molar-refractivity contribution >= 4 is 33.2 Å². The van der Waals surface area contributed by atoms with Crippen LogP contribution in [0, 0.1) is 0 Å². The van der Waals surface area contributed by atoms with Gasteiger partial charge < -0.3 is 4.90 Å². The first-order valence-electron chi connectivity index (χ1n) is 7.44. The van der Waals surface area contributed by atoms with E-state index in [9.17, 15) is 22.8 Å². The smallest absolute Gasteiger partial charge is 0.338 e. The molecule has 0 unspecified atom stereocenters. The molecule has 0 radical (unpaired) electrons. The molecule has 0 saturated carbocycles. The lowest BCUT2D eigenvalue weighted by atomic mass is 10.1. The van der Waals surface area contributed by atoms with Gasteiger partial charge in [-0.2, -0.15) is 13.2 Å². The minimum absolute atomic E-state index is 0.113. The van der Waals surface area contributed by atoms with Crippen molar-refractivity contribution < 1.29 is 18.0 Å². The molecule has 1 saturated heterocycles. The van der Waals surface area contributed by atoms with E-state index >= 15 is 0 Å². The third-order valence-electron chi connectivity index (χ3n) is 4.13. The number of rotatable bonds is 2. The minimum atomic E-state index is -4.68. The van der Waals surface area contributed by atoms with Crippen molar-refractivity contribution in [2.45, 2.75) is 25.1 Å². The molecular formula is C14H14BrF3N4O2S. The van der Waals surface area contributed by atoms with Gasteiger partial charge in [-0.1, -0.05) is 0 Å². The molecular weight excluding hydrogens is 425 g/mol. The van der Waals surface area contributed by atoms with E-state index in [0.29, 0.717) is 35.4 Å². The van der Waals surface area contributed by atoms with Gasteiger partial charge in [0.05, 0.1) is 10.9 Å². The van der Waals surface area contributed by atoms with Gasteiger partial charge in [-0.25, -0.2) is 9.48 Å². The van der Waals surface area contributed by atoms with E-state index in [1.807, 2.05) is 5.38 Å². The summed E-state index contributed by atoms with van der Waals surface area (Å²) < 4.78 is 40.9. The Balaban J connectivity index is 1.73. The highest BCUT2D eigenvalue weighted by Gasteiger charge is 2.39. The van der Waals surface area contributed by atoms with Crippen LogP contribution in [0.1, 0.15) is 34.4 Å². The topological polar surface area (TPSA) is 60.1 Å². The average molecular weight is 439 g/mol. The van der Waals surface area contributed by atoms with Gasteiger partial charge in [-0.15, -0.1) is 16.4 Å². The number of thiophene rings is 1. The van der Waals surface area contributed by atoms with Crippen LogP contribution in [-0.2, 0) is 13.2 Å². The van der Waals surface area contributed by atoms with Crippen molar-refractivity contribution in [3.8, 4) is 0 Å². The van der Waals surface area contributed by atoms with E-state index in [-0.39, 0.29) is 5.91 Å². The minimum Gasteiger partial charge on any atom is -0.338 e. The Morgan fingerprint density at radius 2 is 2.00 bits per heavy atom. The van der Waals surface area contributed by atoms with Gasteiger partial charge in [0.2, 0.25) is 5.82 Å². The third-order valence-corrected chi connectivity index (χ3v) is 5.81. The second-order valence-electron chi connectivity index (χ2n) is 5.76.